The molecular weight excluding hydrogens is 276 g/mol. The fourth-order valence-corrected chi connectivity index (χ4v) is 1.05. The summed E-state index contributed by atoms with van der Waals surface area (Å²) in [6.45, 7) is 0. The summed E-state index contributed by atoms with van der Waals surface area (Å²) >= 11 is 3.65. The van der Waals surface area contributed by atoms with Crippen LogP contribution in [0.4, 0.5) is 5.69 Å². The van der Waals surface area contributed by atoms with Gasteiger partial charge >= 0.3 is 11.9 Å². The van der Waals surface area contributed by atoms with Crippen LogP contribution in [-0.4, -0.2) is 38.9 Å². The van der Waals surface area contributed by atoms with Crippen molar-refractivity contribution in [3.63, 3.8) is 0 Å². The number of nitro benzene ring substituents is 1. The van der Waals surface area contributed by atoms with Gasteiger partial charge in [-0.3, -0.25) is 14.9 Å². The highest BCUT2D eigenvalue weighted by Gasteiger charge is 2.17. The highest BCUT2D eigenvalue weighted by molar-refractivity contribution is 7.80. The number of aliphatic carboxylic acids is 1. The molecule has 0 saturated carbocycles. The average molecular weight is 288 g/mol. The number of carbonyl (C=O) groups is 2. The second-order valence-corrected chi connectivity index (χ2v) is 3.57. The van der Waals surface area contributed by atoms with Crippen molar-refractivity contribution in [1.82, 2.24) is 0 Å². The van der Waals surface area contributed by atoms with Crippen LogP contribution in [-0.2, 0) is 4.79 Å². The predicted molar refractivity (Wildman–Crippen MR) is 69.5 cm³/mol. The number of carboxylic acids is 2. The van der Waals surface area contributed by atoms with Gasteiger partial charge in [0.05, 0.1) is 4.92 Å². The molecule has 0 heterocycles. The lowest BCUT2D eigenvalue weighted by Crippen LogP contribution is -2.31. The molecule has 0 bridgehead atoms. The molecule has 1 unspecified atom stereocenters. The number of nitrogens with zero attached hydrogens (tertiary/aromatic N) is 1. The summed E-state index contributed by atoms with van der Waals surface area (Å²) in [5, 5.41) is 26.8. The number of hydrogen-bond donors (Lipinski definition) is 4. The van der Waals surface area contributed by atoms with Gasteiger partial charge in [0.1, 0.15) is 11.6 Å². The second kappa shape index (κ2) is 8.06. The Bertz CT molecular complexity index is 446. The van der Waals surface area contributed by atoms with Gasteiger partial charge in [0.2, 0.25) is 0 Å². The first kappa shape index (κ1) is 16.9. The van der Waals surface area contributed by atoms with E-state index in [0.29, 0.717) is 0 Å². The highest BCUT2D eigenvalue weighted by atomic mass is 32.1. The summed E-state index contributed by atoms with van der Waals surface area (Å²) in [6, 6.07) is 4.40. The number of rotatable bonds is 4. The van der Waals surface area contributed by atoms with Crippen molar-refractivity contribution >= 4 is 30.3 Å². The zero-order valence-corrected chi connectivity index (χ0v) is 10.5. The minimum absolute atomic E-state index is 0.190. The third kappa shape index (κ3) is 5.84. The van der Waals surface area contributed by atoms with Crippen molar-refractivity contribution in [3.05, 3.63) is 39.9 Å². The molecule has 1 atom stereocenters. The molecule has 0 aliphatic heterocycles. The smallest absolute Gasteiger partial charge is 0.342 e. The Kier molecular flexibility index (Phi) is 7.15. The number of aromatic carboxylic acids is 1. The fourth-order valence-electron chi connectivity index (χ4n) is 0.892. The van der Waals surface area contributed by atoms with Gasteiger partial charge in [0.25, 0.3) is 5.69 Å². The van der Waals surface area contributed by atoms with Gasteiger partial charge in [-0.2, -0.15) is 12.6 Å². The predicted octanol–water partition coefficient (Wildman–Crippen LogP) is 0.621. The van der Waals surface area contributed by atoms with Gasteiger partial charge in [0, 0.05) is 11.8 Å². The van der Waals surface area contributed by atoms with Crippen molar-refractivity contribution in [2.24, 2.45) is 5.73 Å². The van der Waals surface area contributed by atoms with Crippen molar-refractivity contribution in [3.8, 4) is 0 Å². The zero-order valence-electron chi connectivity index (χ0n) is 9.59. The van der Waals surface area contributed by atoms with E-state index in [1.54, 1.807) is 0 Å². The molecule has 1 aromatic rings. The molecule has 0 aliphatic carbocycles. The lowest BCUT2D eigenvalue weighted by atomic mass is 10.2. The van der Waals surface area contributed by atoms with E-state index in [1.807, 2.05) is 0 Å². The molecule has 4 N–H and O–H groups in total. The summed E-state index contributed by atoms with van der Waals surface area (Å²) < 4.78 is 0. The fraction of sp³-hybridized carbons (Fsp3) is 0.200. The number of nitro groups is 1. The number of carboxylic acid groups (broad SMARTS) is 2. The Labute approximate surface area is 113 Å². The quantitative estimate of drug-likeness (QED) is 0.361. The standard InChI is InChI=1S/C7H5NO4.C3H7NO2S/c9-7(10)5-3-1-2-4-6(5)8(11)12;4-2(1-7)3(5)6/h1-4H,(H,9,10);2,7H,1,4H2,(H,5,6). The molecular formula is C10H12N2O6S. The third-order valence-corrected chi connectivity index (χ3v) is 2.24. The Morgan fingerprint density at radius 2 is 1.89 bits per heavy atom. The van der Waals surface area contributed by atoms with E-state index >= 15 is 0 Å². The van der Waals surface area contributed by atoms with Crippen LogP contribution < -0.4 is 5.73 Å². The molecule has 0 aliphatic rings. The van der Waals surface area contributed by atoms with Crippen LogP contribution in [0.5, 0.6) is 0 Å². The Morgan fingerprint density at radius 3 is 2.16 bits per heavy atom. The molecule has 8 nitrogen and oxygen atoms in total. The van der Waals surface area contributed by atoms with Crippen molar-refractivity contribution in [1.29, 1.82) is 0 Å². The second-order valence-electron chi connectivity index (χ2n) is 3.21. The molecule has 1 rings (SSSR count). The van der Waals surface area contributed by atoms with Gasteiger partial charge < -0.3 is 15.9 Å². The first-order valence-electron chi connectivity index (χ1n) is 4.87. The van der Waals surface area contributed by atoms with Crippen LogP contribution in [0, 0.1) is 10.1 Å². The maximum absolute atomic E-state index is 10.4. The first-order chi connectivity index (χ1) is 8.81. The van der Waals surface area contributed by atoms with E-state index in [0.717, 1.165) is 6.07 Å². The summed E-state index contributed by atoms with van der Waals surface area (Å²) in [5.74, 6) is -2.10. The van der Waals surface area contributed by atoms with Gasteiger partial charge in [0.15, 0.2) is 0 Å². The zero-order chi connectivity index (χ0) is 15.0. The maximum atomic E-state index is 10.4. The van der Waals surface area contributed by atoms with Crippen LogP contribution in [0.25, 0.3) is 0 Å². The van der Waals surface area contributed by atoms with Crippen LogP contribution in [0.3, 0.4) is 0 Å². The summed E-state index contributed by atoms with van der Waals surface area (Å²) in [5.41, 5.74) is 4.27. The Hall–Kier alpha value is -2.13. The first-order valence-corrected chi connectivity index (χ1v) is 5.50. The maximum Gasteiger partial charge on any atom is 0.342 e. The molecule has 104 valence electrons. The van der Waals surface area contributed by atoms with Crippen LogP contribution >= 0.6 is 12.6 Å². The van der Waals surface area contributed by atoms with E-state index < -0.39 is 22.9 Å². The number of thiol groups is 1. The Balaban J connectivity index is 0.000000399. The van der Waals surface area contributed by atoms with E-state index in [4.69, 9.17) is 15.9 Å². The SMILES string of the molecule is NC(CS)C(=O)O.O=C(O)c1ccccc1[N+](=O)[O-]. The summed E-state index contributed by atoms with van der Waals surface area (Å²) in [4.78, 5) is 29.7. The molecule has 0 fully saturated rings. The van der Waals surface area contributed by atoms with E-state index in [1.165, 1.54) is 18.2 Å². The number of nitrogens with two attached hydrogens (primary N) is 1. The average Bonchev–Trinajstić information content (AvgIpc) is 2.38. The van der Waals surface area contributed by atoms with E-state index in [9.17, 15) is 19.7 Å². The number of para-hydroxylation sites is 1. The van der Waals surface area contributed by atoms with Gasteiger partial charge in [-0.05, 0) is 6.07 Å². The molecule has 0 saturated heterocycles. The van der Waals surface area contributed by atoms with Gasteiger partial charge in [-0.25, -0.2) is 4.79 Å². The topological polar surface area (TPSA) is 144 Å². The van der Waals surface area contributed by atoms with Crippen molar-refractivity contribution in [2.75, 3.05) is 5.75 Å². The van der Waals surface area contributed by atoms with E-state index in [2.05, 4.69) is 12.6 Å². The molecule has 0 aromatic heterocycles. The normalized spacial score (nSPS) is 10.8. The highest BCUT2D eigenvalue weighted by Crippen LogP contribution is 2.16. The van der Waals surface area contributed by atoms with Crippen LogP contribution in [0.2, 0.25) is 0 Å². The molecule has 0 spiro atoms. The Morgan fingerprint density at radius 1 is 1.37 bits per heavy atom. The van der Waals surface area contributed by atoms with Crippen molar-refractivity contribution in [2.45, 2.75) is 6.04 Å². The lowest BCUT2D eigenvalue weighted by molar-refractivity contribution is -0.385. The minimum Gasteiger partial charge on any atom is -0.480 e. The molecule has 0 amide bonds. The monoisotopic (exact) mass is 288 g/mol. The summed E-state index contributed by atoms with van der Waals surface area (Å²) in [6.07, 6.45) is 0. The van der Waals surface area contributed by atoms with Gasteiger partial charge in [-0.15, -0.1) is 0 Å². The number of benzene rings is 1. The summed E-state index contributed by atoms with van der Waals surface area (Å²) in [7, 11) is 0. The lowest BCUT2D eigenvalue weighted by Gasteiger charge is -1.96. The van der Waals surface area contributed by atoms with E-state index in [-0.39, 0.29) is 17.0 Å². The van der Waals surface area contributed by atoms with Crippen LogP contribution in [0.1, 0.15) is 10.4 Å². The van der Waals surface area contributed by atoms with Gasteiger partial charge in [-0.1, -0.05) is 12.1 Å². The third-order valence-electron chi connectivity index (χ3n) is 1.85. The largest absolute Gasteiger partial charge is 0.480 e. The molecule has 1 aromatic carbocycles. The van der Waals surface area contributed by atoms with Crippen molar-refractivity contribution < 1.29 is 24.7 Å². The molecule has 0 radical (unpaired) electrons. The minimum atomic E-state index is -1.29. The number of hydrogen-bond acceptors (Lipinski definition) is 6. The van der Waals surface area contributed by atoms with Crippen LogP contribution in [0.15, 0.2) is 24.3 Å². The molecule has 19 heavy (non-hydrogen) atoms. The molecule has 9 heteroatoms.